The van der Waals surface area contributed by atoms with Crippen molar-refractivity contribution in [3.63, 3.8) is 0 Å². The Hall–Kier alpha value is -1.92. The largest absolute Gasteiger partial charge is 0.497 e. The number of aliphatic imine (C=N–C) groups is 1. The zero-order valence-electron chi connectivity index (χ0n) is 14.2. The fourth-order valence-electron chi connectivity index (χ4n) is 2.35. The highest BCUT2D eigenvalue weighted by Crippen LogP contribution is 2.35. The number of ether oxygens (including phenoxy) is 1. The normalized spacial score (nSPS) is 14.2. The zero-order valence-corrected chi connectivity index (χ0v) is 15.8. The van der Waals surface area contributed by atoms with Crippen LogP contribution in [0.1, 0.15) is 18.1 Å². The Balaban J connectivity index is 1.53. The Morgan fingerprint density at radius 3 is 2.80 bits per heavy atom. The highest BCUT2D eigenvalue weighted by atomic mass is 32.2. The second-order valence-corrected chi connectivity index (χ2v) is 8.17. The predicted octanol–water partition coefficient (Wildman–Crippen LogP) is 4.37. The number of carbonyl (C=O) groups is 1. The number of nitrogens with zero attached hydrogens (tertiary/aromatic N) is 1. The molecule has 2 aromatic carbocycles. The molecule has 1 amide bonds. The molecule has 1 heterocycles. The van der Waals surface area contributed by atoms with E-state index >= 15 is 0 Å². The van der Waals surface area contributed by atoms with E-state index in [1.165, 1.54) is 17.3 Å². The molecule has 1 aliphatic heterocycles. The second-order valence-electron chi connectivity index (χ2n) is 5.62. The third-order valence-electron chi connectivity index (χ3n) is 3.83. The van der Waals surface area contributed by atoms with E-state index in [9.17, 15) is 4.79 Å². The maximum atomic E-state index is 12.3. The van der Waals surface area contributed by atoms with Crippen molar-refractivity contribution < 1.29 is 9.53 Å². The number of nitrogens with one attached hydrogen (secondary N) is 1. The third kappa shape index (κ3) is 4.80. The molecule has 0 radical (unpaired) electrons. The van der Waals surface area contributed by atoms with Crippen molar-refractivity contribution in [2.24, 2.45) is 4.99 Å². The van der Waals surface area contributed by atoms with E-state index in [2.05, 4.69) is 16.4 Å². The third-order valence-corrected chi connectivity index (χ3v) is 6.12. The molecule has 25 heavy (non-hydrogen) atoms. The lowest BCUT2D eigenvalue weighted by molar-refractivity contribution is -0.120. The Kier molecular flexibility index (Phi) is 6.04. The van der Waals surface area contributed by atoms with Gasteiger partial charge in [-0.1, -0.05) is 53.9 Å². The fourth-order valence-corrected chi connectivity index (χ4v) is 4.57. The first kappa shape index (κ1) is 17.9. The van der Waals surface area contributed by atoms with E-state index < -0.39 is 0 Å². The summed E-state index contributed by atoms with van der Waals surface area (Å²) in [5.41, 5.74) is 3.30. The van der Waals surface area contributed by atoms with Crippen molar-refractivity contribution in [3.8, 4) is 5.75 Å². The van der Waals surface area contributed by atoms with Crippen LogP contribution in [-0.4, -0.2) is 22.6 Å². The minimum Gasteiger partial charge on any atom is -0.497 e. The molecule has 130 valence electrons. The van der Waals surface area contributed by atoms with Gasteiger partial charge in [0.2, 0.25) is 5.91 Å². The summed E-state index contributed by atoms with van der Waals surface area (Å²) in [6.07, 6.45) is 0. The molecular weight excluding hydrogens is 352 g/mol. The summed E-state index contributed by atoms with van der Waals surface area (Å²) in [7, 11) is 1.64. The van der Waals surface area contributed by atoms with Crippen LogP contribution in [0, 0.1) is 0 Å². The van der Waals surface area contributed by atoms with Crippen molar-refractivity contribution in [1.29, 1.82) is 0 Å². The smallest absolute Gasteiger partial charge is 0.233 e. The first-order chi connectivity index (χ1) is 12.2. The van der Waals surface area contributed by atoms with E-state index in [-0.39, 0.29) is 11.2 Å². The summed E-state index contributed by atoms with van der Waals surface area (Å²) in [5, 5.41) is 2.79. The summed E-state index contributed by atoms with van der Waals surface area (Å²) in [5.74, 6) is 1.73. The van der Waals surface area contributed by atoms with Gasteiger partial charge in [-0.25, -0.2) is 4.99 Å². The second kappa shape index (κ2) is 8.45. The average molecular weight is 373 g/mol. The number of hydrogen-bond acceptors (Lipinski definition) is 5. The molecule has 3 rings (SSSR count). The van der Waals surface area contributed by atoms with E-state index in [0.29, 0.717) is 6.54 Å². The summed E-state index contributed by atoms with van der Waals surface area (Å²) in [4.78, 5) is 17.0. The summed E-state index contributed by atoms with van der Waals surface area (Å²) in [6.45, 7) is 2.42. The molecule has 0 bridgehead atoms. The Bertz CT molecular complexity index is 775. The number of fused-ring (bicyclic) bond motifs is 1. The minimum atomic E-state index is -0.185. The van der Waals surface area contributed by atoms with Gasteiger partial charge in [0.1, 0.15) is 10.1 Å². The molecule has 2 aromatic rings. The van der Waals surface area contributed by atoms with E-state index in [4.69, 9.17) is 4.74 Å². The molecular formula is C19H20N2O2S2. The molecule has 6 heteroatoms. The fraction of sp³-hybridized carbons (Fsp3) is 0.263. The van der Waals surface area contributed by atoms with Crippen LogP contribution in [0.15, 0.2) is 53.5 Å². The first-order valence-corrected chi connectivity index (χ1v) is 9.89. The number of hydrogen-bond donors (Lipinski definition) is 1. The van der Waals surface area contributed by atoms with Crippen LogP contribution in [-0.2, 0) is 17.1 Å². The molecule has 4 nitrogen and oxygen atoms in total. The monoisotopic (exact) mass is 372 g/mol. The van der Waals surface area contributed by atoms with Gasteiger partial charge in [-0.05, 0) is 36.2 Å². The molecule has 0 aliphatic carbocycles. The van der Waals surface area contributed by atoms with Crippen LogP contribution in [0.5, 0.6) is 5.75 Å². The Labute approximate surface area is 156 Å². The van der Waals surface area contributed by atoms with E-state index in [0.717, 1.165) is 27.1 Å². The molecule has 0 spiro atoms. The number of amides is 1. The standard InChI is InChI=1S/C19H20N2O2S2/c1-13(18(22)20-11-14-7-9-16(23-2)10-8-14)25-19-21-17-6-4-3-5-15(17)12-24-19/h3-10,13H,11-12H2,1-2H3,(H,20,22). The number of para-hydroxylation sites is 1. The van der Waals surface area contributed by atoms with Crippen molar-refractivity contribution in [1.82, 2.24) is 5.32 Å². The molecule has 1 atom stereocenters. The number of carbonyl (C=O) groups excluding carboxylic acids is 1. The Morgan fingerprint density at radius 1 is 1.28 bits per heavy atom. The van der Waals surface area contributed by atoms with Crippen molar-refractivity contribution in [3.05, 3.63) is 59.7 Å². The van der Waals surface area contributed by atoms with Crippen LogP contribution < -0.4 is 10.1 Å². The van der Waals surface area contributed by atoms with Crippen molar-refractivity contribution in [2.75, 3.05) is 7.11 Å². The molecule has 1 unspecified atom stereocenters. The van der Waals surface area contributed by atoms with Gasteiger partial charge in [-0.3, -0.25) is 4.79 Å². The van der Waals surface area contributed by atoms with Crippen molar-refractivity contribution >= 4 is 39.5 Å². The molecule has 1 N–H and O–H groups in total. The van der Waals surface area contributed by atoms with Gasteiger partial charge in [-0.15, -0.1) is 0 Å². The SMILES string of the molecule is COc1ccc(CNC(=O)C(C)SC2=Nc3ccccc3CS2)cc1. The lowest BCUT2D eigenvalue weighted by Gasteiger charge is -2.17. The number of methoxy groups -OCH3 is 1. The van der Waals surface area contributed by atoms with Crippen LogP contribution >= 0.6 is 23.5 Å². The molecule has 1 aliphatic rings. The molecule has 0 saturated heterocycles. The van der Waals surface area contributed by atoms with Crippen molar-refractivity contribution in [2.45, 2.75) is 24.5 Å². The number of thioether (sulfide) groups is 2. The highest BCUT2D eigenvalue weighted by Gasteiger charge is 2.19. The van der Waals surface area contributed by atoms with E-state index in [1.807, 2.05) is 49.4 Å². The number of rotatable bonds is 5. The van der Waals surface area contributed by atoms with Crippen LogP contribution in [0.2, 0.25) is 0 Å². The van der Waals surface area contributed by atoms with Gasteiger partial charge in [0, 0.05) is 12.3 Å². The summed E-state index contributed by atoms with van der Waals surface area (Å²) in [6, 6.07) is 15.8. The first-order valence-electron chi connectivity index (χ1n) is 8.02. The van der Waals surface area contributed by atoms with Gasteiger partial charge in [0.15, 0.2) is 0 Å². The number of benzene rings is 2. The minimum absolute atomic E-state index is 0.0166. The van der Waals surface area contributed by atoms with Gasteiger partial charge >= 0.3 is 0 Å². The topological polar surface area (TPSA) is 50.7 Å². The maximum Gasteiger partial charge on any atom is 0.233 e. The lowest BCUT2D eigenvalue weighted by atomic mass is 10.2. The van der Waals surface area contributed by atoms with Gasteiger partial charge in [-0.2, -0.15) is 0 Å². The Morgan fingerprint density at radius 2 is 2.04 bits per heavy atom. The quantitative estimate of drug-likeness (QED) is 0.847. The molecule has 0 aromatic heterocycles. The molecule has 0 fully saturated rings. The highest BCUT2D eigenvalue weighted by molar-refractivity contribution is 8.39. The van der Waals surface area contributed by atoms with Gasteiger partial charge < -0.3 is 10.1 Å². The van der Waals surface area contributed by atoms with E-state index in [1.54, 1.807) is 18.9 Å². The predicted molar refractivity (Wildman–Crippen MR) is 107 cm³/mol. The summed E-state index contributed by atoms with van der Waals surface area (Å²) >= 11 is 3.20. The lowest BCUT2D eigenvalue weighted by Crippen LogP contribution is -2.31. The summed E-state index contributed by atoms with van der Waals surface area (Å²) < 4.78 is 6.09. The van der Waals surface area contributed by atoms with Crippen LogP contribution in [0.4, 0.5) is 5.69 Å². The van der Waals surface area contributed by atoms with Crippen LogP contribution in [0.3, 0.4) is 0 Å². The average Bonchev–Trinajstić information content (AvgIpc) is 2.66. The molecule has 0 saturated carbocycles. The van der Waals surface area contributed by atoms with Gasteiger partial charge in [0.25, 0.3) is 0 Å². The zero-order chi connectivity index (χ0) is 17.6. The maximum absolute atomic E-state index is 12.3. The van der Waals surface area contributed by atoms with Crippen LogP contribution in [0.25, 0.3) is 0 Å². The van der Waals surface area contributed by atoms with Gasteiger partial charge in [0.05, 0.1) is 18.0 Å².